The lowest BCUT2D eigenvalue weighted by atomic mass is 10.0. The predicted octanol–water partition coefficient (Wildman–Crippen LogP) is 4.44. The highest BCUT2D eigenvalue weighted by Gasteiger charge is 2.33. The second-order valence-corrected chi connectivity index (χ2v) is 6.53. The van der Waals surface area contributed by atoms with Crippen molar-refractivity contribution in [2.75, 3.05) is 0 Å². The van der Waals surface area contributed by atoms with Gasteiger partial charge < -0.3 is 5.32 Å². The molecule has 2 aromatic carbocycles. The lowest BCUT2D eigenvalue weighted by Gasteiger charge is -2.19. The molecule has 0 saturated heterocycles. The molecule has 6 heteroatoms. The minimum Gasteiger partial charge on any atom is -0.345 e. The molecule has 0 bridgehead atoms. The summed E-state index contributed by atoms with van der Waals surface area (Å²) in [4.78, 5) is 23.1. The molecule has 2 aromatic rings. The van der Waals surface area contributed by atoms with E-state index in [0.29, 0.717) is 22.1 Å². The number of carbonyl (C=O) groups excluding carboxylic acids is 1. The molecule has 0 aliphatic heterocycles. The van der Waals surface area contributed by atoms with E-state index < -0.39 is 4.92 Å². The third-order valence-electron chi connectivity index (χ3n) is 4.28. The molecule has 5 nitrogen and oxygen atoms in total. The SMILES string of the molecule is Cc1ccc(C(=O)N[C@@H](c2ccc(Cl)cc2)C2CC2)cc1[N+](=O)[O-]. The molecule has 1 aliphatic rings. The minimum atomic E-state index is -0.469. The van der Waals surface area contributed by atoms with E-state index in [-0.39, 0.29) is 17.6 Å². The first kappa shape index (κ1) is 16.5. The first-order valence-corrected chi connectivity index (χ1v) is 8.15. The molecular formula is C18H17ClN2O3. The van der Waals surface area contributed by atoms with E-state index in [9.17, 15) is 14.9 Å². The third kappa shape index (κ3) is 3.57. The van der Waals surface area contributed by atoms with Crippen molar-refractivity contribution in [2.45, 2.75) is 25.8 Å². The maximum Gasteiger partial charge on any atom is 0.273 e. The van der Waals surface area contributed by atoms with E-state index in [0.717, 1.165) is 18.4 Å². The number of nitrogens with zero attached hydrogens (tertiary/aromatic N) is 1. The van der Waals surface area contributed by atoms with Gasteiger partial charge in [0.1, 0.15) is 0 Å². The van der Waals surface area contributed by atoms with Gasteiger partial charge >= 0.3 is 0 Å². The third-order valence-corrected chi connectivity index (χ3v) is 4.53. The number of amides is 1. The van der Waals surface area contributed by atoms with Gasteiger partial charge in [-0.3, -0.25) is 14.9 Å². The molecule has 1 N–H and O–H groups in total. The molecule has 0 aromatic heterocycles. The first-order valence-electron chi connectivity index (χ1n) is 7.77. The number of halogens is 1. The monoisotopic (exact) mass is 344 g/mol. The van der Waals surface area contributed by atoms with Crippen LogP contribution in [0, 0.1) is 23.0 Å². The number of rotatable bonds is 5. The molecule has 1 atom stereocenters. The van der Waals surface area contributed by atoms with Crippen LogP contribution in [0.2, 0.25) is 5.02 Å². The average Bonchev–Trinajstić information content (AvgIpc) is 3.38. The Hall–Kier alpha value is -2.40. The normalized spacial score (nSPS) is 14.9. The fraction of sp³-hybridized carbons (Fsp3) is 0.278. The van der Waals surface area contributed by atoms with E-state index >= 15 is 0 Å². The maximum absolute atomic E-state index is 12.6. The van der Waals surface area contributed by atoms with E-state index in [2.05, 4.69) is 5.32 Å². The molecular weight excluding hydrogens is 328 g/mol. The Morgan fingerprint density at radius 1 is 1.25 bits per heavy atom. The van der Waals surface area contributed by atoms with Gasteiger partial charge in [-0.1, -0.05) is 29.8 Å². The number of carbonyl (C=O) groups is 1. The Morgan fingerprint density at radius 3 is 2.50 bits per heavy atom. The van der Waals surface area contributed by atoms with Crippen molar-refractivity contribution in [3.05, 3.63) is 74.3 Å². The highest BCUT2D eigenvalue weighted by molar-refractivity contribution is 6.30. The molecule has 1 aliphatic carbocycles. The van der Waals surface area contributed by atoms with Gasteiger partial charge in [0.15, 0.2) is 0 Å². The van der Waals surface area contributed by atoms with Gasteiger partial charge in [-0.15, -0.1) is 0 Å². The van der Waals surface area contributed by atoms with Gasteiger partial charge in [0.2, 0.25) is 0 Å². The van der Waals surface area contributed by atoms with Crippen LogP contribution in [0.15, 0.2) is 42.5 Å². The fourth-order valence-corrected chi connectivity index (χ4v) is 2.87. The number of nitro groups is 1. The molecule has 3 rings (SSSR count). The lowest BCUT2D eigenvalue weighted by Crippen LogP contribution is -2.30. The van der Waals surface area contributed by atoms with Gasteiger partial charge in [0.05, 0.1) is 11.0 Å². The van der Waals surface area contributed by atoms with Crippen LogP contribution >= 0.6 is 11.6 Å². The van der Waals surface area contributed by atoms with Crippen LogP contribution in [-0.4, -0.2) is 10.8 Å². The Labute approximate surface area is 144 Å². The Kier molecular flexibility index (Phi) is 4.53. The summed E-state index contributed by atoms with van der Waals surface area (Å²) in [7, 11) is 0. The summed E-state index contributed by atoms with van der Waals surface area (Å²) < 4.78 is 0. The van der Waals surface area contributed by atoms with E-state index in [1.807, 2.05) is 12.1 Å². The van der Waals surface area contributed by atoms with E-state index in [1.54, 1.807) is 31.2 Å². The Bertz CT molecular complexity index is 785. The van der Waals surface area contributed by atoms with Crippen LogP contribution < -0.4 is 5.32 Å². The second-order valence-electron chi connectivity index (χ2n) is 6.10. The van der Waals surface area contributed by atoms with Crippen molar-refractivity contribution in [1.82, 2.24) is 5.32 Å². The van der Waals surface area contributed by atoms with Crippen LogP contribution in [0.4, 0.5) is 5.69 Å². The minimum absolute atomic E-state index is 0.0443. The van der Waals surface area contributed by atoms with E-state index in [1.165, 1.54) is 6.07 Å². The number of hydrogen-bond donors (Lipinski definition) is 1. The summed E-state index contributed by atoms with van der Waals surface area (Å²) in [5.41, 5.74) is 1.79. The number of nitrogens with one attached hydrogen (secondary N) is 1. The zero-order valence-electron chi connectivity index (χ0n) is 13.2. The van der Waals surface area contributed by atoms with Gasteiger partial charge in [-0.2, -0.15) is 0 Å². The quantitative estimate of drug-likeness (QED) is 0.643. The Morgan fingerprint density at radius 2 is 1.92 bits per heavy atom. The lowest BCUT2D eigenvalue weighted by molar-refractivity contribution is -0.385. The molecule has 1 fully saturated rings. The van der Waals surface area contributed by atoms with E-state index in [4.69, 9.17) is 11.6 Å². The number of hydrogen-bond acceptors (Lipinski definition) is 3. The molecule has 124 valence electrons. The van der Waals surface area contributed by atoms with Crippen LogP contribution in [0.5, 0.6) is 0 Å². The van der Waals surface area contributed by atoms with Gasteiger partial charge in [0.25, 0.3) is 11.6 Å². The second kappa shape index (κ2) is 6.61. The average molecular weight is 345 g/mol. The first-order chi connectivity index (χ1) is 11.5. The topological polar surface area (TPSA) is 72.2 Å². The van der Waals surface area contributed by atoms with Crippen LogP contribution in [0.25, 0.3) is 0 Å². The van der Waals surface area contributed by atoms with Gasteiger partial charge in [-0.25, -0.2) is 0 Å². The van der Waals surface area contributed by atoms with Crippen molar-refractivity contribution in [1.29, 1.82) is 0 Å². The molecule has 24 heavy (non-hydrogen) atoms. The molecule has 0 radical (unpaired) electrons. The van der Waals surface area contributed by atoms with Crippen molar-refractivity contribution >= 4 is 23.2 Å². The van der Waals surface area contributed by atoms with Crippen LogP contribution in [-0.2, 0) is 0 Å². The summed E-state index contributed by atoms with van der Waals surface area (Å²) >= 11 is 5.92. The zero-order valence-corrected chi connectivity index (χ0v) is 13.9. The molecule has 0 unspecified atom stereocenters. The summed E-state index contributed by atoms with van der Waals surface area (Å²) in [5, 5.41) is 14.7. The number of aryl methyl sites for hydroxylation is 1. The fourth-order valence-electron chi connectivity index (χ4n) is 2.74. The highest BCUT2D eigenvalue weighted by atomic mass is 35.5. The van der Waals surface area contributed by atoms with Gasteiger partial charge in [0, 0.05) is 22.2 Å². The van der Waals surface area contributed by atoms with Gasteiger partial charge in [-0.05, 0) is 49.4 Å². The summed E-state index contributed by atoms with van der Waals surface area (Å²) in [6.07, 6.45) is 2.11. The van der Waals surface area contributed by atoms with Crippen molar-refractivity contribution in [3.8, 4) is 0 Å². The van der Waals surface area contributed by atoms with Crippen molar-refractivity contribution in [3.63, 3.8) is 0 Å². The smallest absolute Gasteiger partial charge is 0.273 e. The van der Waals surface area contributed by atoms with Crippen LogP contribution in [0.3, 0.4) is 0 Å². The standard InChI is InChI=1S/C18H17ClN2O3/c1-11-2-3-14(10-16(11)21(23)24)18(22)20-17(12-4-5-12)13-6-8-15(19)9-7-13/h2-3,6-10,12,17H,4-5H2,1H3,(H,20,22)/t17-/m1/s1. The summed E-state index contributed by atoms with van der Waals surface area (Å²) in [6, 6.07) is 11.9. The zero-order chi connectivity index (χ0) is 17.3. The number of nitro benzene ring substituents is 1. The molecule has 0 heterocycles. The maximum atomic E-state index is 12.6. The molecule has 0 spiro atoms. The molecule has 1 saturated carbocycles. The van der Waals surface area contributed by atoms with Crippen molar-refractivity contribution < 1.29 is 9.72 Å². The highest BCUT2D eigenvalue weighted by Crippen LogP contribution is 2.41. The molecule has 1 amide bonds. The number of benzene rings is 2. The Balaban J connectivity index is 1.83. The van der Waals surface area contributed by atoms with Crippen molar-refractivity contribution in [2.24, 2.45) is 5.92 Å². The van der Waals surface area contributed by atoms with Crippen LogP contribution in [0.1, 0.15) is 40.4 Å². The predicted molar refractivity (Wildman–Crippen MR) is 92.2 cm³/mol. The summed E-state index contributed by atoms with van der Waals surface area (Å²) in [5.74, 6) is 0.0977. The largest absolute Gasteiger partial charge is 0.345 e. The summed E-state index contributed by atoms with van der Waals surface area (Å²) in [6.45, 7) is 1.65.